The minimum atomic E-state index is -3.67. The highest BCUT2D eigenvalue weighted by molar-refractivity contribution is 7.93. The van der Waals surface area contributed by atoms with Gasteiger partial charge in [-0.05, 0) is 62.3 Å². The van der Waals surface area contributed by atoms with E-state index in [0.717, 1.165) is 21.9 Å². The van der Waals surface area contributed by atoms with Gasteiger partial charge in [0.25, 0.3) is 10.0 Å². The lowest BCUT2D eigenvalue weighted by Crippen LogP contribution is -2.50. The first-order valence-electron chi connectivity index (χ1n) is 12.8. The van der Waals surface area contributed by atoms with Crippen molar-refractivity contribution in [1.29, 1.82) is 0 Å². The molecule has 0 aromatic heterocycles. The molecule has 0 fully saturated rings. The monoisotopic (exact) mass is 521 g/mol. The zero-order valence-electron chi connectivity index (χ0n) is 21.9. The summed E-state index contributed by atoms with van der Waals surface area (Å²) in [5.74, 6) is -0.343. The van der Waals surface area contributed by atoms with Crippen molar-refractivity contribution in [2.75, 3.05) is 10.8 Å². The fraction of sp³-hybridized carbons (Fsp3) is 0.379. The summed E-state index contributed by atoms with van der Waals surface area (Å²) in [6, 6.07) is 18.0. The fourth-order valence-electron chi connectivity index (χ4n) is 4.99. The molecular weight excluding hydrogens is 486 g/mol. The standard InChI is InChI=1S/C29H35N3O4S/c1-5-24(29(34)30-20(2)3)31(19-23-12-7-6-11-21(23)4)27(33)17-10-18-32-25-15-8-13-22-14-9-16-26(28(22)25)37(32,35)36/h6-9,11-16,20,24H,5,10,17-19H2,1-4H3,(H,30,34)/t24-/m0/s1. The molecule has 196 valence electrons. The van der Waals surface area contributed by atoms with E-state index in [0.29, 0.717) is 30.0 Å². The second kappa shape index (κ2) is 10.9. The van der Waals surface area contributed by atoms with Crippen LogP contribution in [-0.4, -0.2) is 43.8 Å². The van der Waals surface area contributed by atoms with E-state index in [4.69, 9.17) is 0 Å². The van der Waals surface area contributed by atoms with E-state index in [2.05, 4.69) is 5.32 Å². The maximum absolute atomic E-state index is 13.6. The molecule has 0 unspecified atom stereocenters. The third-order valence-corrected chi connectivity index (χ3v) is 8.71. The van der Waals surface area contributed by atoms with E-state index in [1.54, 1.807) is 17.0 Å². The number of anilines is 1. The van der Waals surface area contributed by atoms with Crippen molar-refractivity contribution in [2.24, 2.45) is 0 Å². The zero-order chi connectivity index (χ0) is 26.7. The largest absolute Gasteiger partial charge is 0.352 e. The van der Waals surface area contributed by atoms with Gasteiger partial charge in [-0.2, -0.15) is 0 Å². The molecule has 3 aromatic rings. The van der Waals surface area contributed by atoms with Crippen molar-refractivity contribution < 1.29 is 18.0 Å². The predicted molar refractivity (Wildman–Crippen MR) is 147 cm³/mol. The molecule has 7 nitrogen and oxygen atoms in total. The van der Waals surface area contributed by atoms with Crippen molar-refractivity contribution in [3.8, 4) is 0 Å². The molecule has 0 saturated carbocycles. The van der Waals surface area contributed by atoms with Crippen LogP contribution in [-0.2, 0) is 26.2 Å². The number of nitrogens with zero attached hydrogens (tertiary/aromatic N) is 2. The lowest BCUT2D eigenvalue weighted by Gasteiger charge is -2.32. The Labute approximate surface area is 219 Å². The molecule has 0 bridgehead atoms. The Bertz CT molecular complexity index is 1410. The van der Waals surface area contributed by atoms with Crippen molar-refractivity contribution in [3.63, 3.8) is 0 Å². The van der Waals surface area contributed by atoms with Crippen LogP contribution in [0.5, 0.6) is 0 Å². The van der Waals surface area contributed by atoms with Crippen LogP contribution in [0, 0.1) is 6.92 Å². The van der Waals surface area contributed by atoms with Crippen LogP contribution in [0.2, 0.25) is 0 Å². The summed E-state index contributed by atoms with van der Waals surface area (Å²) in [5.41, 5.74) is 2.68. The first-order valence-corrected chi connectivity index (χ1v) is 14.3. The number of hydrogen-bond donors (Lipinski definition) is 1. The highest BCUT2D eigenvalue weighted by Gasteiger charge is 2.35. The van der Waals surface area contributed by atoms with Crippen molar-refractivity contribution in [1.82, 2.24) is 10.2 Å². The second-order valence-corrected chi connectivity index (χ2v) is 11.7. The van der Waals surface area contributed by atoms with E-state index in [1.165, 1.54) is 4.31 Å². The van der Waals surface area contributed by atoms with Crippen LogP contribution < -0.4 is 9.62 Å². The molecule has 8 heteroatoms. The van der Waals surface area contributed by atoms with Crippen molar-refractivity contribution in [3.05, 3.63) is 71.8 Å². The van der Waals surface area contributed by atoms with E-state index in [1.807, 2.05) is 76.2 Å². The van der Waals surface area contributed by atoms with Gasteiger partial charge >= 0.3 is 0 Å². The Morgan fingerprint density at radius 2 is 1.70 bits per heavy atom. The maximum Gasteiger partial charge on any atom is 0.265 e. The second-order valence-electron chi connectivity index (χ2n) is 9.85. The molecule has 1 aliphatic rings. The van der Waals surface area contributed by atoms with Gasteiger partial charge in [-0.15, -0.1) is 0 Å². The fourth-order valence-corrected chi connectivity index (χ4v) is 6.74. The SMILES string of the molecule is CC[C@@H](C(=O)NC(C)C)N(Cc1ccccc1C)C(=O)CCCN1c2cccc3cccc(c23)S1(=O)=O. The highest BCUT2D eigenvalue weighted by atomic mass is 32.2. The Hall–Kier alpha value is -3.39. The number of hydrogen-bond acceptors (Lipinski definition) is 4. The first-order chi connectivity index (χ1) is 17.6. The maximum atomic E-state index is 13.6. The van der Waals surface area contributed by atoms with Crippen LogP contribution in [0.1, 0.15) is 51.2 Å². The number of sulfonamides is 1. The van der Waals surface area contributed by atoms with Crippen LogP contribution in [0.25, 0.3) is 10.8 Å². The summed E-state index contributed by atoms with van der Waals surface area (Å²) in [7, 11) is -3.67. The molecule has 37 heavy (non-hydrogen) atoms. The Morgan fingerprint density at radius 3 is 2.38 bits per heavy atom. The van der Waals surface area contributed by atoms with Gasteiger partial charge in [0.05, 0.1) is 10.6 Å². The molecule has 0 radical (unpaired) electrons. The van der Waals surface area contributed by atoms with E-state index in [9.17, 15) is 18.0 Å². The summed E-state index contributed by atoms with van der Waals surface area (Å²) in [4.78, 5) is 28.5. The topological polar surface area (TPSA) is 86.8 Å². The third-order valence-electron chi connectivity index (χ3n) is 6.85. The number of benzene rings is 3. The summed E-state index contributed by atoms with van der Waals surface area (Å²) in [5, 5.41) is 4.55. The number of amides is 2. The molecule has 0 spiro atoms. The quantitative estimate of drug-likeness (QED) is 0.416. The Kier molecular flexibility index (Phi) is 7.87. The lowest BCUT2D eigenvalue weighted by atomic mass is 10.0. The molecule has 3 aromatic carbocycles. The van der Waals surface area contributed by atoms with Crippen molar-refractivity contribution >= 4 is 38.3 Å². The molecule has 4 rings (SSSR count). The molecule has 2 amide bonds. The summed E-state index contributed by atoms with van der Waals surface area (Å²) >= 11 is 0. The minimum Gasteiger partial charge on any atom is -0.352 e. The van der Waals surface area contributed by atoms with Gasteiger partial charge in [0.15, 0.2) is 0 Å². The van der Waals surface area contributed by atoms with Gasteiger partial charge in [0.1, 0.15) is 6.04 Å². The molecular formula is C29H35N3O4S. The van der Waals surface area contributed by atoms with Gasteiger partial charge in [0.2, 0.25) is 11.8 Å². The molecule has 1 heterocycles. The number of aryl methyl sites for hydroxylation is 1. The lowest BCUT2D eigenvalue weighted by molar-refractivity contribution is -0.141. The number of nitrogens with one attached hydrogen (secondary N) is 1. The van der Waals surface area contributed by atoms with E-state index in [-0.39, 0.29) is 30.8 Å². The van der Waals surface area contributed by atoms with Gasteiger partial charge in [0, 0.05) is 30.9 Å². The Morgan fingerprint density at radius 1 is 1.00 bits per heavy atom. The number of carbonyl (C=O) groups is 2. The molecule has 1 N–H and O–H groups in total. The molecule has 1 aliphatic heterocycles. The molecule has 0 saturated heterocycles. The number of rotatable bonds is 10. The summed E-state index contributed by atoms with van der Waals surface area (Å²) < 4.78 is 28.0. The van der Waals surface area contributed by atoms with Crippen LogP contribution in [0.4, 0.5) is 5.69 Å². The van der Waals surface area contributed by atoms with Gasteiger partial charge in [-0.25, -0.2) is 8.42 Å². The zero-order valence-corrected chi connectivity index (χ0v) is 22.7. The average molecular weight is 522 g/mol. The highest BCUT2D eigenvalue weighted by Crippen LogP contribution is 2.42. The van der Waals surface area contributed by atoms with Crippen LogP contribution in [0.15, 0.2) is 65.6 Å². The van der Waals surface area contributed by atoms with Crippen LogP contribution in [0.3, 0.4) is 0 Å². The molecule has 0 aliphatic carbocycles. The third kappa shape index (κ3) is 5.34. The van der Waals surface area contributed by atoms with E-state index >= 15 is 0 Å². The van der Waals surface area contributed by atoms with Gasteiger partial charge in [-0.1, -0.05) is 55.5 Å². The first kappa shape index (κ1) is 26.7. The van der Waals surface area contributed by atoms with Crippen molar-refractivity contribution in [2.45, 2.75) is 70.5 Å². The predicted octanol–water partition coefficient (Wildman–Crippen LogP) is 4.77. The summed E-state index contributed by atoms with van der Waals surface area (Å²) in [6.07, 6.45) is 0.957. The normalized spacial score (nSPS) is 14.7. The van der Waals surface area contributed by atoms with Gasteiger partial charge < -0.3 is 10.2 Å². The minimum absolute atomic E-state index is 0.0401. The number of carbonyl (C=O) groups excluding carboxylic acids is 2. The van der Waals surface area contributed by atoms with E-state index < -0.39 is 16.1 Å². The smallest absolute Gasteiger partial charge is 0.265 e. The van der Waals surface area contributed by atoms with Gasteiger partial charge in [-0.3, -0.25) is 13.9 Å². The molecule has 1 atom stereocenters. The average Bonchev–Trinajstić information content (AvgIpc) is 3.07. The Balaban J connectivity index is 1.53. The van der Waals surface area contributed by atoms with Crippen LogP contribution >= 0.6 is 0 Å². The summed E-state index contributed by atoms with van der Waals surface area (Å²) in [6.45, 7) is 8.19.